The van der Waals surface area contributed by atoms with Crippen molar-refractivity contribution in [1.82, 2.24) is 15.5 Å². The lowest BCUT2D eigenvalue weighted by Crippen LogP contribution is -2.35. The number of anilines is 1. The lowest BCUT2D eigenvalue weighted by Gasteiger charge is -2.13. The number of hydrogen-bond donors (Lipinski definition) is 4. The van der Waals surface area contributed by atoms with Crippen LogP contribution < -0.4 is 21.8 Å². The van der Waals surface area contributed by atoms with Gasteiger partial charge in [-0.05, 0) is 31.5 Å². The second-order valence-corrected chi connectivity index (χ2v) is 6.54. The fourth-order valence-corrected chi connectivity index (χ4v) is 2.94. The molecule has 0 radical (unpaired) electrons. The van der Waals surface area contributed by atoms with Gasteiger partial charge in [-0.25, -0.2) is 0 Å². The Bertz CT molecular complexity index is 1160. The van der Waals surface area contributed by atoms with Crippen molar-refractivity contribution in [3.63, 3.8) is 0 Å². The first-order valence-corrected chi connectivity index (χ1v) is 8.74. The Morgan fingerprint density at radius 1 is 1.04 bits per heavy atom. The van der Waals surface area contributed by atoms with Gasteiger partial charge in [0.1, 0.15) is 0 Å². The second kappa shape index (κ2) is 7.91. The van der Waals surface area contributed by atoms with Gasteiger partial charge in [0.05, 0.1) is 28.9 Å². The molecule has 0 saturated carbocycles. The molecule has 0 aliphatic carbocycles. The third kappa shape index (κ3) is 4.01. The molecular weight excluding hydrogens is 360 g/mol. The molecule has 1 heterocycles. The van der Waals surface area contributed by atoms with Crippen molar-refractivity contribution in [2.75, 3.05) is 11.9 Å². The van der Waals surface area contributed by atoms with Gasteiger partial charge in [-0.3, -0.25) is 29.4 Å². The maximum absolute atomic E-state index is 12.3. The fraction of sp³-hybridized carbons (Fsp3) is 0.200. The fourth-order valence-electron chi connectivity index (χ4n) is 2.94. The quantitative estimate of drug-likeness (QED) is 0.534. The summed E-state index contributed by atoms with van der Waals surface area (Å²) in [5, 5.41) is 9.87. The van der Waals surface area contributed by atoms with Crippen LogP contribution in [0.15, 0.2) is 52.1 Å². The number of amides is 2. The number of aryl methyl sites for hydroxylation is 1. The SMILES string of the molecule is Cc1cccc(C(C)C(=O)NCC(=O)Nc2cccc3c(=O)[nH][nH]c(=O)c23)c1. The van der Waals surface area contributed by atoms with E-state index in [2.05, 4.69) is 20.8 Å². The number of hydrogen-bond acceptors (Lipinski definition) is 4. The summed E-state index contributed by atoms with van der Waals surface area (Å²) < 4.78 is 0. The van der Waals surface area contributed by atoms with E-state index in [-0.39, 0.29) is 28.9 Å². The van der Waals surface area contributed by atoms with E-state index in [0.717, 1.165) is 11.1 Å². The summed E-state index contributed by atoms with van der Waals surface area (Å²) in [6.07, 6.45) is 0. The average Bonchev–Trinajstić information content (AvgIpc) is 2.68. The van der Waals surface area contributed by atoms with Crippen LogP contribution in [-0.4, -0.2) is 28.6 Å². The Hall–Kier alpha value is -3.68. The van der Waals surface area contributed by atoms with Crippen molar-refractivity contribution in [3.05, 3.63) is 74.3 Å². The highest BCUT2D eigenvalue weighted by Gasteiger charge is 2.17. The van der Waals surface area contributed by atoms with Crippen LogP contribution in [0.2, 0.25) is 0 Å². The molecule has 0 aliphatic rings. The Balaban J connectivity index is 1.69. The molecule has 4 N–H and O–H groups in total. The minimum absolute atomic E-state index is 0.0825. The third-order valence-electron chi connectivity index (χ3n) is 4.46. The monoisotopic (exact) mass is 380 g/mol. The lowest BCUT2D eigenvalue weighted by atomic mass is 9.99. The molecule has 1 unspecified atom stereocenters. The molecule has 0 fully saturated rings. The van der Waals surface area contributed by atoms with Gasteiger partial charge < -0.3 is 10.6 Å². The maximum atomic E-state index is 12.3. The highest BCUT2D eigenvalue weighted by molar-refractivity contribution is 6.03. The van der Waals surface area contributed by atoms with Crippen LogP contribution in [0.1, 0.15) is 24.0 Å². The van der Waals surface area contributed by atoms with E-state index in [4.69, 9.17) is 0 Å². The molecule has 0 spiro atoms. The summed E-state index contributed by atoms with van der Waals surface area (Å²) in [7, 11) is 0. The van der Waals surface area contributed by atoms with E-state index in [1.807, 2.05) is 31.2 Å². The van der Waals surface area contributed by atoms with Crippen molar-refractivity contribution < 1.29 is 9.59 Å². The normalized spacial score (nSPS) is 11.8. The standard InChI is InChI=1S/C20H20N4O4/c1-11-5-3-6-13(9-11)12(2)18(26)21-10-16(25)22-15-8-4-7-14-17(15)20(28)24-23-19(14)27/h3-9,12H,10H2,1-2H3,(H,21,26)(H,22,25)(H,23,27)(H,24,28). The summed E-state index contributed by atoms with van der Waals surface area (Å²) >= 11 is 0. The lowest BCUT2D eigenvalue weighted by molar-refractivity contribution is -0.125. The summed E-state index contributed by atoms with van der Waals surface area (Å²) in [4.78, 5) is 48.4. The minimum Gasteiger partial charge on any atom is -0.347 e. The Morgan fingerprint density at radius 3 is 2.50 bits per heavy atom. The van der Waals surface area contributed by atoms with Gasteiger partial charge in [-0.15, -0.1) is 0 Å². The van der Waals surface area contributed by atoms with Gasteiger partial charge >= 0.3 is 0 Å². The van der Waals surface area contributed by atoms with Crippen molar-refractivity contribution in [2.24, 2.45) is 0 Å². The highest BCUT2D eigenvalue weighted by Crippen LogP contribution is 2.17. The summed E-state index contributed by atoms with van der Waals surface area (Å²) in [6, 6.07) is 12.2. The summed E-state index contributed by atoms with van der Waals surface area (Å²) in [6.45, 7) is 3.45. The number of H-pyrrole nitrogens is 2. The van der Waals surface area contributed by atoms with Crippen LogP contribution in [0.25, 0.3) is 10.8 Å². The average molecular weight is 380 g/mol. The summed E-state index contributed by atoms with van der Waals surface area (Å²) in [5.74, 6) is -1.20. The topological polar surface area (TPSA) is 124 Å². The maximum Gasteiger partial charge on any atom is 0.272 e. The molecule has 2 amide bonds. The molecule has 144 valence electrons. The van der Waals surface area contributed by atoms with E-state index in [0.29, 0.717) is 0 Å². The van der Waals surface area contributed by atoms with Gasteiger partial charge in [0.25, 0.3) is 11.1 Å². The molecule has 1 atom stereocenters. The smallest absolute Gasteiger partial charge is 0.272 e. The molecule has 0 aliphatic heterocycles. The molecule has 8 heteroatoms. The van der Waals surface area contributed by atoms with Crippen molar-refractivity contribution in [1.29, 1.82) is 0 Å². The van der Waals surface area contributed by atoms with Gasteiger partial charge in [0.15, 0.2) is 0 Å². The molecule has 0 bridgehead atoms. The van der Waals surface area contributed by atoms with Crippen LogP contribution in [0.4, 0.5) is 5.69 Å². The molecule has 8 nitrogen and oxygen atoms in total. The second-order valence-electron chi connectivity index (χ2n) is 6.54. The van der Waals surface area contributed by atoms with Crippen LogP contribution in [0, 0.1) is 6.92 Å². The van der Waals surface area contributed by atoms with Crippen molar-refractivity contribution in [3.8, 4) is 0 Å². The Labute approximate surface area is 160 Å². The predicted molar refractivity (Wildman–Crippen MR) is 106 cm³/mol. The predicted octanol–water partition coefficient (Wildman–Crippen LogP) is 1.38. The molecule has 28 heavy (non-hydrogen) atoms. The van der Waals surface area contributed by atoms with Gasteiger partial charge in [0.2, 0.25) is 11.8 Å². The highest BCUT2D eigenvalue weighted by atomic mass is 16.2. The van der Waals surface area contributed by atoms with Crippen molar-refractivity contribution in [2.45, 2.75) is 19.8 Å². The number of aromatic amines is 2. The first kappa shape index (κ1) is 19.1. The Kier molecular flexibility index (Phi) is 5.39. The zero-order valence-corrected chi connectivity index (χ0v) is 15.5. The van der Waals surface area contributed by atoms with E-state index in [1.54, 1.807) is 13.0 Å². The molecular formula is C20H20N4O4. The van der Waals surface area contributed by atoms with Gasteiger partial charge in [0, 0.05) is 0 Å². The van der Waals surface area contributed by atoms with Gasteiger partial charge in [-0.1, -0.05) is 35.9 Å². The van der Waals surface area contributed by atoms with Crippen LogP contribution >= 0.6 is 0 Å². The molecule has 2 aromatic carbocycles. The van der Waals surface area contributed by atoms with Crippen LogP contribution in [-0.2, 0) is 9.59 Å². The van der Waals surface area contributed by atoms with E-state index in [1.165, 1.54) is 12.1 Å². The zero-order chi connectivity index (χ0) is 20.3. The number of nitrogens with one attached hydrogen (secondary N) is 4. The molecule has 1 aromatic heterocycles. The Morgan fingerprint density at radius 2 is 1.75 bits per heavy atom. The third-order valence-corrected chi connectivity index (χ3v) is 4.46. The van der Waals surface area contributed by atoms with E-state index < -0.39 is 22.9 Å². The first-order chi connectivity index (χ1) is 13.4. The number of carbonyl (C=O) groups excluding carboxylic acids is 2. The van der Waals surface area contributed by atoms with Gasteiger partial charge in [-0.2, -0.15) is 0 Å². The summed E-state index contributed by atoms with van der Waals surface area (Å²) in [5.41, 5.74) is 1.12. The number of carbonyl (C=O) groups is 2. The number of aromatic nitrogens is 2. The van der Waals surface area contributed by atoms with Crippen LogP contribution in [0.3, 0.4) is 0 Å². The van der Waals surface area contributed by atoms with E-state index >= 15 is 0 Å². The minimum atomic E-state index is -0.525. The molecule has 3 aromatic rings. The first-order valence-electron chi connectivity index (χ1n) is 8.74. The molecule has 0 saturated heterocycles. The largest absolute Gasteiger partial charge is 0.347 e. The molecule has 3 rings (SSSR count). The number of rotatable bonds is 5. The van der Waals surface area contributed by atoms with Crippen molar-refractivity contribution >= 4 is 28.3 Å². The van der Waals surface area contributed by atoms with Crippen LogP contribution in [0.5, 0.6) is 0 Å². The number of fused-ring (bicyclic) bond motifs is 1. The number of benzene rings is 2. The van der Waals surface area contributed by atoms with E-state index in [9.17, 15) is 19.2 Å². The zero-order valence-electron chi connectivity index (χ0n) is 15.5.